The largest absolute Gasteiger partial charge is 0.504 e. The number of benzene rings is 2. The number of halogens is 1. The molecule has 0 radical (unpaired) electrons. The Balaban J connectivity index is 1.85. The highest BCUT2D eigenvalue weighted by molar-refractivity contribution is 14.1. The zero-order chi connectivity index (χ0) is 23.8. The Labute approximate surface area is 208 Å². The Morgan fingerprint density at radius 3 is 2.48 bits per heavy atom. The molecule has 3 N–H and O–H groups in total. The third-order valence-corrected chi connectivity index (χ3v) is 6.36. The fraction of sp³-hybridized carbons (Fsp3) is 0.222. The highest BCUT2D eigenvalue weighted by Crippen LogP contribution is 2.35. The molecule has 2 aromatic carbocycles. The van der Waals surface area contributed by atoms with Crippen LogP contribution >= 0.6 is 22.6 Å². The fourth-order valence-corrected chi connectivity index (χ4v) is 4.35. The molecule has 1 aromatic heterocycles. The molecule has 0 amide bonds. The molecule has 172 valence electrons. The van der Waals surface area contributed by atoms with Gasteiger partial charge in [-0.25, -0.2) is 0 Å². The van der Waals surface area contributed by atoms with E-state index in [0.29, 0.717) is 22.2 Å². The molecule has 33 heavy (non-hydrogen) atoms. The van der Waals surface area contributed by atoms with Crippen molar-refractivity contribution in [3.8, 4) is 11.5 Å². The summed E-state index contributed by atoms with van der Waals surface area (Å²) in [6.45, 7) is 3.83. The summed E-state index contributed by atoms with van der Waals surface area (Å²) in [7, 11) is 1.52. The highest BCUT2D eigenvalue weighted by atomic mass is 127. The summed E-state index contributed by atoms with van der Waals surface area (Å²) in [4.78, 5) is 4.48. The molecule has 3 aromatic rings. The molecule has 0 bridgehead atoms. The number of hydrogen-bond acceptors (Lipinski definition) is 5. The van der Waals surface area contributed by atoms with Gasteiger partial charge in [-0.15, -0.1) is 6.58 Å². The Bertz CT molecular complexity index is 1090. The van der Waals surface area contributed by atoms with Crippen molar-refractivity contribution in [1.82, 2.24) is 4.98 Å². The summed E-state index contributed by atoms with van der Waals surface area (Å²) in [5, 5.41) is 31.9. The molecule has 0 unspecified atom stereocenters. The van der Waals surface area contributed by atoms with Gasteiger partial charge < -0.3 is 20.1 Å². The number of pyridine rings is 1. The molecule has 0 aliphatic carbocycles. The Morgan fingerprint density at radius 2 is 1.85 bits per heavy atom. The maximum Gasteiger partial charge on any atom is 0.171 e. The number of rotatable bonds is 10. The molecule has 3 rings (SSSR count). The summed E-state index contributed by atoms with van der Waals surface area (Å²) >= 11 is 2.06. The van der Waals surface area contributed by atoms with Crippen molar-refractivity contribution < 1.29 is 20.1 Å². The number of phenols is 1. The molecule has 0 aliphatic rings. The molecular formula is C27H28INO4. The number of aromatic nitrogens is 1. The van der Waals surface area contributed by atoms with Gasteiger partial charge in [-0.2, -0.15) is 0 Å². The highest BCUT2D eigenvalue weighted by Gasteiger charge is 2.25. The predicted octanol–water partition coefficient (Wildman–Crippen LogP) is 5.62. The van der Waals surface area contributed by atoms with Crippen molar-refractivity contribution in [2.24, 2.45) is 5.92 Å². The second kappa shape index (κ2) is 12.0. The van der Waals surface area contributed by atoms with Gasteiger partial charge >= 0.3 is 0 Å². The summed E-state index contributed by atoms with van der Waals surface area (Å²) < 4.78 is 5.96. The zero-order valence-electron chi connectivity index (χ0n) is 18.4. The average Bonchev–Trinajstić information content (AvgIpc) is 2.85. The molecule has 3 atom stereocenters. The maximum atomic E-state index is 10.9. The van der Waals surface area contributed by atoms with Gasteiger partial charge in [0.25, 0.3) is 0 Å². The van der Waals surface area contributed by atoms with Crippen LogP contribution in [-0.2, 0) is 0 Å². The second-order valence-corrected chi connectivity index (χ2v) is 8.87. The van der Waals surface area contributed by atoms with Gasteiger partial charge in [0.2, 0.25) is 0 Å². The summed E-state index contributed by atoms with van der Waals surface area (Å²) in [6.07, 6.45) is 4.63. The first-order chi connectivity index (χ1) is 15.9. The standard InChI is InChI=1S/C27H28INO4/c1-3-21(26(31)19-9-5-4-6-10-19)24(30)13-12-20(23-11-7-8-14-29-23)15-18-16-22(28)27(32)25(17-18)33-2/h3-11,14-17,21,24,26,30-32H,1,12-13H2,2H3/b20-15-/t21-,24-,26-/m1/s1. The van der Waals surface area contributed by atoms with Crippen LogP contribution in [0.25, 0.3) is 11.6 Å². The first kappa shape index (κ1) is 25.0. The van der Waals surface area contributed by atoms with Crippen LogP contribution in [0.4, 0.5) is 0 Å². The molecule has 1 heterocycles. The van der Waals surface area contributed by atoms with Gasteiger partial charge in [-0.1, -0.05) is 42.5 Å². The van der Waals surface area contributed by atoms with E-state index in [9.17, 15) is 15.3 Å². The van der Waals surface area contributed by atoms with Crippen molar-refractivity contribution in [3.05, 3.63) is 99.9 Å². The van der Waals surface area contributed by atoms with Gasteiger partial charge in [-0.3, -0.25) is 4.98 Å². The fourth-order valence-electron chi connectivity index (χ4n) is 3.73. The topological polar surface area (TPSA) is 82.8 Å². The van der Waals surface area contributed by atoms with E-state index in [1.54, 1.807) is 18.3 Å². The van der Waals surface area contributed by atoms with Gasteiger partial charge in [0, 0.05) is 12.1 Å². The van der Waals surface area contributed by atoms with Crippen molar-refractivity contribution in [3.63, 3.8) is 0 Å². The van der Waals surface area contributed by atoms with Crippen LogP contribution in [0, 0.1) is 9.49 Å². The molecule has 5 nitrogen and oxygen atoms in total. The number of nitrogens with zero attached hydrogens (tertiary/aromatic N) is 1. The van der Waals surface area contributed by atoms with E-state index in [2.05, 4.69) is 34.2 Å². The number of aliphatic hydroxyl groups excluding tert-OH is 2. The third kappa shape index (κ3) is 6.43. The number of phenolic OH excluding ortho intramolecular Hbond substituents is 1. The lowest BCUT2D eigenvalue weighted by atomic mass is 9.87. The minimum atomic E-state index is -0.844. The predicted molar refractivity (Wildman–Crippen MR) is 140 cm³/mol. The smallest absolute Gasteiger partial charge is 0.171 e. The number of methoxy groups -OCH3 is 1. The van der Waals surface area contributed by atoms with Crippen molar-refractivity contribution >= 4 is 34.2 Å². The monoisotopic (exact) mass is 557 g/mol. The van der Waals surface area contributed by atoms with Gasteiger partial charge in [0.1, 0.15) is 0 Å². The second-order valence-electron chi connectivity index (χ2n) is 7.71. The van der Waals surface area contributed by atoms with Crippen LogP contribution in [0.2, 0.25) is 0 Å². The van der Waals surface area contributed by atoms with Crippen molar-refractivity contribution in [2.45, 2.75) is 25.0 Å². The minimum Gasteiger partial charge on any atom is -0.504 e. The number of hydrogen-bond donors (Lipinski definition) is 3. The summed E-state index contributed by atoms with van der Waals surface area (Å²) in [6, 6.07) is 18.6. The molecule has 0 saturated heterocycles. The maximum absolute atomic E-state index is 10.9. The first-order valence-corrected chi connectivity index (χ1v) is 11.7. The number of aromatic hydroxyl groups is 1. The van der Waals surface area contributed by atoms with E-state index in [-0.39, 0.29) is 5.75 Å². The van der Waals surface area contributed by atoms with Crippen LogP contribution in [0.3, 0.4) is 0 Å². The van der Waals surface area contributed by atoms with Crippen LogP contribution in [-0.4, -0.2) is 33.5 Å². The Morgan fingerprint density at radius 1 is 1.12 bits per heavy atom. The molecular weight excluding hydrogens is 529 g/mol. The lowest BCUT2D eigenvalue weighted by Crippen LogP contribution is -2.25. The lowest BCUT2D eigenvalue weighted by molar-refractivity contribution is 0.0325. The summed E-state index contributed by atoms with van der Waals surface area (Å²) in [5.74, 6) is -0.00728. The van der Waals surface area contributed by atoms with Gasteiger partial charge in [-0.05, 0) is 82.5 Å². The third-order valence-electron chi connectivity index (χ3n) is 5.54. The number of aliphatic hydroxyl groups is 2. The van der Waals surface area contributed by atoms with Crippen LogP contribution in [0.15, 0.2) is 79.5 Å². The van der Waals surface area contributed by atoms with Gasteiger partial charge in [0.15, 0.2) is 11.5 Å². The van der Waals surface area contributed by atoms with E-state index in [1.165, 1.54) is 7.11 Å². The number of allylic oxidation sites excluding steroid dienone is 1. The van der Waals surface area contributed by atoms with Crippen LogP contribution < -0.4 is 4.74 Å². The zero-order valence-corrected chi connectivity index (χ0v) is 20.6. The molecule has 0 spiro atoms. The molecule has 6 heteroatoms. The van der Waals surface area contributed by atoms with E-state index < -0.39 is 18.1 Å². The lowest BCUT2D eigenvalue weighted by Gasteiger charge is -2.25. The van der Waals surface area contributed by atoms with Crippen molar-refractivity contribution in [2.75, 3.05) is 7.11 Å². The van der Waals surface area contributed by atoms with Gasteiger partial charge in [0.05, 0.1) is 28.6 Å². The normalized spacial score (nSPS) is 14.4. The molecule has 0 saturated carbocycles. The quantitative estimate of drug-likeness (QED) is 0.223. The van der Waals surface area contributed by atoms with E-state index in [0.717, 1.165) is 22.4 Å². The van der Waals surface area contributed by atoms with Crippen molar-refractivity contribution in [1.29, 1.82) is 0 Å². The molecule has 0 fully saturated rings. The number of ether oxygens (including phenoxy) is 1. The van der Waals surface area contributed by atoms with E-state index in [1.807, 2.05) is 60.7 Å². The summed E-state index contributed by atoms with van der Waals surface area (Å²) in [5.41, 5.74) is 3.32. The first-order valence-electron chi connectivity index (χ1n) is 10.7. The van der Waals surface area contributed by atoms with E-state index >= 15 is 0 Å². The Hall–Kier alpha value is -2.68. The average molecular weight is 557 g/mol. The van der Waals surface area contributed by atoms with Crippen LogP contribution in [0.1, 0.15) is 35.8 Å². The minimum absolute atomic E-state index is 0.105. The van der Waals surface area contributed by atoms with Crippen LogP contribution in [0.5, 0.6) is 11.5 Å². The van der Waals surface area contributed by atoms with E-state index in [4.69, 9.17) is 4.74 Å². The molecule has 0 aliphatic heterocycles. The Kier molecular flexibility index (Phi) is 9.05. The SMILES string of the molecule is C=C[C@H]([C@H](O)CC/C(=C/c1cc(I)c(O)c(OC)c1)c1ccccn1)[C@H](O)c1ccccc1.